The average Bonchev–Trinajstić information content (AvgIpc) is 3.02. The van der Waals surface area contributed by atoms with Crippen molar-refractivity contribution in [2.45, 2.75) is 44.7 Å². The summed E-state index contributed by atoms with van der Waals surface area (Å²) in [5.41, 5.74) is 3.00. The van der Waals surface area contributed by atoms with Crippen molar-refractivity contribution in [1.29, 1.82) is 0 Å². The molecule has 0 saturated heterocycles. The molecule has 1 N–H and O–H groups in total. The minimum absolute atomic E-state index is 0.0355. The van der Waals surface area contributed by atoms with E-state index in [1.165, 1.54) is 23.1 Å². The molecule has 9 heteroatoms. The molecule has 0 aliphatic heterocycles. The highest BCUT2D eigenvalue weighted by Crippen LogP contribution is 2.27. The lowest BCUT2D eigenvalue weighted by Gasteiger charge is -2.34. The van der Waals surface area contributed by atoms with E-state index in [0.717, 1.165) is 21.0 Å². The summed E-state index contributed by atoms with van der Waals surface area (Å²) in [4.78, 5) is 29.8. The van der Waals surface area contributed by atoms with E-state index >= 15 is 0 Å². The quantitative estimate of drug-likeness (QED) is 0.189. The zero-order valence-corrected chi connectivity index (χ0v) is 26.8. The molecule has 4 aromatic carbocycles. The molecule has 0 aliphatic carbocycles. The van der Waals surface area contributed by atoms with Gasteiger partial charge in [-0.2, -0.15) is 0 Å². The molecule has 44 heavy (non-hydrogen) atoms. The maximum absolute atomic E-state index is 14.4. The number of sulfonamides is 1. The van der Waals surface area contributed by atoms with E-state index in [9.17, 15) is 18.0 Å². The van der Waals surface area contributed by atoms with Gasteiger partial charge in [-0.25, -0.2) is 8.42 Å². The number of anilines is 1. The van der Waals surface area contributed by atoms with Crippen molar-refractivity contribution >= 4 is 39.1 Å². The molecule has 0 radical (unpaired) electrons. The van der Waals surface area contributed by atoms with Crippen LogP contribution in [0.25, 0.3) is 0 Å². The lowest BCUT2D eigenvalue weighted by atomic mass is 10.0. The van der Waals surface area contributed by atoms with Gasteiger partial charge < -0.3 is 10.2 Å². The molecule has 2 amide bonds. The fourth-order valence-electron chi connectivity index (χ4n) is 4.75. The van der Waals surface area contributed by atoms with Crippen molar-refractivity contribution in [3.63, 3.8) is 0 Å². The standard InChI is InChI=1S/C35H38ClN3O4S/c1-26(2)23-37-35(41)33(21-28-11-6-4-7-12-28)38(24-29-19-17-27(3)18-20-29)34(40)25-39(31-14-10-13-30(36)22-31)44(42,43)32-15-8-5-9-16-32/h4-20,22,26,33H,21,23-25H2,1-3H3,(H,37,41)/t33-/m1/s1. The van der Waals surface area contributed by atoms with Gasteiger partial charge in [0.05, 0.1) is 10.6 Å². The SMILES string of the molecule is Cc1ccc(CN(C(=O)CN(c2cccc(Cl)c2)S(=O)(=O)c2ccccc2)[C@H](Cc2ccccc2)C(=O)NCC(C)C)cc1. The molecule has 0 aliphatic rings. The molecule has 4 rings (SSSR count). The number of aryl methyl sites for hydroxylation is 1. The van der Waals surface area contributed by atoms with Gasteiger partial charge in [-0.1, -0.05) is 110 Å². The van der Waals surface area contributed by atoms with Crippen LogP contribution in [0.15, 0.2) is 114 Å². The van der Waals surface area contributed by atoms with E-state index in [1.54, 1.807) is 36.4 Å². The summed E-state index contributed by atoms with van der Waals surface area (Å²) < 4.78 is 29.1. The molecule has 7 nitrogen and oxygen atoms in total. The van der Waals surface area contributed by atoms with Crippen LogP contribution in [-0.4, -0.2) is 44.3 Å². The number of nitrogens with one attached hydrogen (secondary N) is 1. The monoisotopic (exact) mass is 631 g/mol. The van der Waals surface area contributed by atoms with Crippen LogP contribution in [0.5, 0.6) is 0 Å². The average molecular weight is 632 g/mol. The highest BCUT2D eigenvalue weighted by molar-refractivity contribution is 7.92. The first-order valence-electron chi connectivity index (χ1n) is 14.5. The Morgan fingerprint density at radius 2 is 1.45 bits per heavy atom. The normalized spacial score (nSPS) is 12.0. The number of rotatable bonds is 13. The smallest absolute Gasteiger partial charge is 0.264 e. The van der Waals surface area contributed by atoms with E-state index in [0.29, 0.717) is 11.6 Å². The Morgan fingerprint density at radius 3 is 2.07 bits per heavy atom. The fourth-order valence-corrected chi connectivity index (χ4v) is 6.36. The summed E-state index contributed by atoms with van der Waals surface area (Å²) in [5.74, 6) is -0.624. The van der Waals surface area contributed by atoms with Gasteiger partial charge in [0.2, 0.25) is 11.8 Å². The molecule has 0 aromatic heterocycles. The number of benzene rings is 4. The third kappa shape index (κ3) is 8.71. The molecule has 0 bridgehead atoms. The van der Waals surface area contributed by atoms with Crippen LogP contribution in [0.2, 0.25) is 5.02 Å². The Bertz CT molecular complexity index is 1650. The van der Waals surface area contributed by atoms with Crippen molar-refractivity contribution in [1.82, 2.24) is 10.2 Å². The van der Waals surface area contributed by atoms with E-state index < -0.39 is 28.5 Å². The van der Waals surface area contributed by atoms with E-state index in [4.69, 9.17) is 11.6 Å². The zero-order valence-electron chi connectivity index (χ0n) is 25.2. The summed E-state index contributed by atoms with van der Waals surface area (Å²) in [5, 5.41) is 3.33. The first kappa shape index (κ1) is 32.8. The second-order valence-corrected chi connectivity index (χ2v) is 13.5. The van der Waals surface area contributed by atoms with E-state index in [1.807, 2.05) is 75.4 Å². The Kier molecular flexibility index (Phi) is 11.2. The molecule has 0 fully saturated rings. The lowest BCUT2D eigenvalue weighted by molar-refractivity contribution is -0.140. The Balaban J connectivity index is 1.79. The summed E-state index contributed by atoms with van der Waals surface area (Å²) in [6.45, 7) is 5.99. The van der Waals surface area contributed by atoms with Crippen LogP contribution in [0.4, 0.5) is 5.69 Å². The molecular formula is C35H38ClN3O4S. The molecule has 230 valence electrons. The van der Waals surface area contributed by atoms with Crippen molar-refractivity contribution in [3.8, 4) is 0 Å². The van der Waals surface area contributed by atoms with Gasteiger partial charge in [0.1, 0.15) is 12.6 Å². The first-order chi connectivity index (χ1) is 21.0. The molecule has 0 saturated carbocycles. The highest BCUT2D eigenvalue weighted by Gasteiger charge is 2.34. The second-order valence-electron chi connectivity index (χ2n) is 11.2. The number of amides is 2. The minimum atomic E-state index is -4.18. The molecule has 0 spiro atoms. The summed E-state index contributed by atoms with van der Waals surface area (Å²) in [7, 11) is -4.18. The fraction of sp³-hybridized carbons (Fsp3) is 0.257. The van der Waals surface area contributed by atoms with Gasteiger partial charge in [-0.15, -0.1) is 0 Å². The van der Waals surface area contributed by atoms with Crippen LogP contribution < -0.4 is 9.62 Å². The van der Waals surface area contributed by atoms with E-state index in [-0.39, 0.29) is 35.4 Å². The molecule has 0 heterocycles. The third-order valence-corrected chi connectivity index (χ3v) is 9.16. The van der Waals surface area contributed by atoms with Gasteiger partial charge in [0, 0.05) is 24.5 Å². The third-order valence-electron chi connectivity index (χ3n) is 7.14. The Hall–Kier alpha value is -4.14. The van der Waals surface area contributed by atoms with Gasteiger partial charge in [-0.05, 0) is 54.3 Å². The molecule has 4 aromatic rings. The van der Waals surface area contributed by atoms with Crippen LogP contribution >= 0.6 is 11.6 Å². The van der Waals surface area contributed by atoms with Crippen molar-refractivity contribution in [2.24, 2.45) is 5.92 Å². The molecular weight excluding hydrogens is 594 g/mol. The minimum Gasteiger partial charge on any atom is -0.354 e. The molecule has 1 atom stereocenters. The van der Waals surface area contributed by atoms with Crippen molar-refractivity contribution in [2.75, 3.05) is 17.4 Å². The highest BCUT2D eigenvalue weighted by atomic mass is 35.5. The summed E-state index contributed by atoms with van der Waals surface area (Å²) in [6.07, 6.45) is 0.255. The topological polar surface area (TPSA) is 86.8 Å². The summed E-state index contributed by atoms with van der Waals surface area (Å²) >= 11 is 6.28. The zero-order chi connectivity index (χ0) is 31.7. The number of hydrogen-bond acceptors (Lipinski definition) is 4. The lowest BCUT2D eigenvalue weighted by Crippen LogP contribution is -2.53. The first-order valence-corrected chi connectivity index (χ1v) is 16.4. The Labute approximate surface area is 265 Å². The number of halogens is 1. The van der Waals surface area contributed by atoms with Crippen LogP contribution in [0, 0.1) is 12.8 Å². The predicted molar refractivity (Wildman–Crippen MR) is 176 cm³/mol. The van der Waals surface area contributed by atoms with Crippen molar-refractivity contribution in [3.05, 3.63) is 131 Å². The van der Waals surface area contributed by atoms with Crippen LogP contribution in [-0.2, 0) is 32.6 Å². The number of hydrogen-bond donors (Lipinski definition) is 1. The van der Waals surface area contributed by atoms with Crippen LogP contribution in [0.1, 0.15) is 30.5 Å². The number of carbonyl (C=O) groups is 2. The maximum Gasteiger partial charge on any atom is 0.264 e. The maximum atomic E-state index is 14.4. The van der Waals surface area contributed by atoms with Gasteiger partial charge >= 0.3 is 0 Å². The molecule has 0 unspecified atom stereocenters. The predicted octanol–water partition coefficient (Wildman–Crippen LogP) is 6.26. The Morgan fingerprint density at radius 1 is 0.818 bits per heavy atom. The van der Waals surface area contributed by atoms with Gasteiger partial charge in [0.25, 0.3) is 10.0 Å². The van der Waals surface area contributed by atoms with Gasteiger partial charge in [-0.3, -0.25) is 13.9 Å². The van der Waals surface area contributed by atoms with Crippen LogP contribution in [0.3, 0.4) is 0 Å². The van der Waals surface area contributed by atoms with Crippen molar-refractivity contribution < 1.29 is 18.0 Å². The largest absolute Gasteiger partial charge is 0.354 e. The number of nitrogens with zero attached hydrogens (tertiary/aromatic N) is 2. The number of carbonyl (C=O) groups excluding carboxylic acids is 2. The second kappa shape index (κ2) is 15.0. The van der Waals surface area contributed by atoms with E-state index in [2.05, 4.69) is 5.32 Å². The summed E-state index contributed by atoms with van der Waals surface area (Å²) in [6, 6.07) is 30.6. The van der Waals surface area contributed by atoms with Gasteiger partial charge in [0.15, 0.2) is 0 Å².